The molecular formula is C21H16ClF4N3O3. The summed E-state index contributed by atoms with van der Waals surface area (Å²) >= 11 is 5.57. The van der Waals surface area contributed by atoms with Crippen LogP contribution >= 0.6 is 11.6 Å². The molecule has 0 bridgehead atoms. The van der Waals surface area contributed by atoms with E-state index in [4.69, 9.17) is 16.3 Å². The molecule has 1 aromatic heterocycles. The van der Waals surface area contributed by atoms with Gasteiger partial charge in [-0.2, -0.15) is 18.4 Å². The predicted octanol–water partition coefficient (Wildman–Crippen LogP) is 5.04. The van der Waals surface area contributed by atoms with Crippen LogP contribution in [0.4, 0.5) is 17.6 Å². The summed E-state index contributed by atoms with van der Waals surface area (Å²) in [5, 5.41) is 7.92. The summed E-state index contributed by atoms with van der Waals surface area (Å²) in [5.74, 6) is -1.16. The van der Waals surface area contributed by atoms with Crippen LogP contribution in [0.2, 0.25) is 5.02 Å². The topological polar surface area (TPSA) is 77.0 Å². The summed E-state index contributed by atoms with van der Waals surface area (Å²) in [5.41, 5.74) is -5.69. The first-order chi connectivity index (χ1) is 15.1. The number of ether oxygens (including phenoxy) is 1. The average Bonchev–Trinajstić information content (AvgIpc) is 2.75. The zero-order valence-electron chi connectivity index (χ0n) is 17.0. The number of rotatable bonds is 3. The highest BCUT2D eigenvalue weighted by atomic mass is 35.5. The highest BCUT2D eigenvalue weighted by Gasteiger charge is 2.39. The SMILES string of the molecule is CC.Cn1c(C(F)(F)F)c(Cl)c(=O)n(-c2cc(Oc3ccccc3)c(C#N)cc2F)c1=O. The molecule has 0 aliphatic heterocycles. The zero-order valence-corrected chi connectivity index (χ0v) is 17.8. The highest BCUT2D eigenvalue weighted by Crippen LogP contribution is 2.33. The summed E-state index contributed by atoms with van der Waals surface area (Å²) in [7, 11) is 0.746. The first-order valence-corrected chi connectivity index (χ1v) is 9.49. The quantitative estimate of drug-likeness (QED) is 0.504. The first kappa shape index (κ1) is 24.7. The van der Waals surface area contributed by atoms with Gasteiger partial charge in [-0.3, -0.25) is 9.36 Å². The van der Waals surface area contributed by atoms with Crippen molar-refractivity contribution in [2.45, 2.75) is 20.0 Å². The van der Waals surface area contributed by atoms with Crippen LogP contribution in [0.15, 0.2) is 52.1 Å². The largest absolute Gasteiger partial charge is 0.456 e. The highest BCUT2D eigenvalue weighted by molar-refractivity contribution is 6.31. The molecule has 0 aliphatic carbocycles. The molecule has 168 valence electrons. The summed E-state index contributed by atoms with van der Waals surface area (Å²) in [6.45, 7) is 4.00. The second kappa shape index (κ2) is 9.70. The van der Waals surface area contributed by atoms with Crippen molar-refractivity contribution in [3.8, 4) is 23.3 Å². The molecule has 1 heterocycles. The van der Waals surface area contributed by atoms with Gasteiger partial charge in [-0.05, 0) is 18.2 Å². The lowest BCUT2D eigenvalue weighted by molar-refractivity contribution is -0.143. The average molecular weight is 470 g/mol. The normalized spacial score (nSPS) is 10.7. The summed E-state index contributed by atoms with van der Waals surface area (Å²) < 4.78 is 59.9. The third-order valence-electron chi connectivity index (χ3n) is 4.06. The molecule has 3 rings (SSSR count). The Morgan fingerprint density at radius 2 is 1.69 bits per heavy atom. The van der Waals surface area contributed by atoms with Gasteiger partial charge in [0, 0.05) is 13.1 Å². The van der Waals surface area contributed by atoms with Gasteiger partial charge in [-0.25, -0.2) is 13.8 Å². The Hall–Kier alpha value is -3.58. The van der Waals surface area contributed by atoms with E-state index >= 15 is 0 Å². The lowest BCUT2D eigenvalue weighted by atomic mass is 10.1. The van der Waals surface area contributed by atoms with E-state index < -0.39 is 39.6 Å². The number of hydrogen-bond acceptors (Lipinski definition) is 4. The molecule has 0 saturated carbocycles. The Morgan fingerprint density at radius 1 is 1.09 bits per heavy atom. The standard InChI is InChI=1S/C19H10ClF4N3O3.C2H6/c1-26-16(19(22,23)24)15(20)17(28)27(18(26)29)13-8-14(10(9-25)7-12(13)21)30-11-5-3-2-4-6-11;1-2/h2-8H,1H3;1-2H3. The predicted molar refractivity (Wildman–Crippen MR) is 110 cm³/mol. The van der Waals surface area contributed by atoms with Crippen LogP contribution in [0, 0.1) is 17.1 Å². The minimum atomic E-state index is -5.09. The lowest BCUT2D eigenvalue weighted by Gasteiger charge is -2.17. The maximum absolute atomic E-state index is 14.6. The molecule has 0 atom stereocenters. The van der Waals surface area contributed by atoms with Crippen LogP contribution in [0.25, 0.3) is 5.69 Å². The summed E-state index contributed by atoms with van der Waals surface area (Å²) in [6, 6.07) is 11.3. The van der Waals surface area contributed by atoms with E-state index in [0.717, 1.165) is 13.1 Å². The van der Waals surface area contributed by atoms with Crippen LogP contribution in [0.5, 0.6) is 11.5 Å². The number of nitrogens with zero attached hydrogens (tertiary/aromatic N) is 3. The summed E-state index contributed by atoms with van der Waals surface area (Å²) in [6.07, 6.45) is -5.09. The van der Waals surface area contributed by atoms with Crippen molar-refractivity contribution in [1.29, 1.82) is 5.26 Å². The van der Waals surface area contributed by atoms with Crippen molar-refractivity contribution in [1.82, 2.24) is 9.13 Å². The van der Waals surface area contributed by atoms with Crippen molar-refractivity contribution in [2.75, 3.05) is 0 Å². The minimum absolute atomic E-state index is 0.0963. The Balaban J connectivity index is 0.00000176. The number of hydrogen-bond donors (Lipinski definition) is 0. The number of halogens is 5. The molecule has 0 radical (unpaired) electrons. The van der Waals surface area contributed by atoms with Crippen molar-refractivity contribution in [3.05, 3.63) is 85.4 Å². The van der Waals surface area contributed by atoms with Crippen molar-refractivity contribution < 1.29 is 22.3 Å². The molecule has 3 aromatic rings. The van der Waals surface area contributed by atoms with E-state index in [1.807, 2.05) is 13.8 Å². The van der Waals surface area contributed by atoms with Gasteiger partial charge in [0.15, 0.2) is 5.69 Å². The fourth-order valence-corrected chi connectivity index (χ4v) is 3.03. The van der Waals surface area contributed by atoms with Gasteiger partial charge in [-0.15, -0.1) is 0 Å². The Bertz CT molecular complexity index is 1260. The molecule has 0 unspecified atom stereocenters. The maximum Gasteiger partial charge on any atom is 0.433 e. The van der Waals surface area contributed by atoms with Gasteiger partial charge in [0.1, 0.15) is 28.4 Å². The third-order valence-corrected chi connectivity index (χ3v) is 4.40. The van der Waals surface area contributed by atoms with E-state index in [9.17, 15) is 32.4 Å². The zero-order chi connectivity index (χ0) is 24.2. The Labute approximate surface area is 184 Å². The van der Waals surface area contributed by atoms with Gasteiger partial charge < -0.3 is 4.74 Å². The van der Waals surface area contributed by atoms with Gasteiger partial charge in [0.05, 0.1) is 11.3 Å². The van der Waals surface area contributed by atoms with Crippen LogP contribution in [0.3, 0.4) is 0 Å². The molecule has 0 amide bonds. The van der Waals surface area contributed by atoms with E-state index in [1.54, 1.807) is 24.3 Å². The number of aromatic nitrogens is 2. The van der Waals surface area contributed by atoms with E-state index in [1.165, 1.54) is 12.1 Å². The fourth-order valence-electron chi connectivity index (χ4n) is 2.71. The molecule has 0 spiro atoms. The lowest BCUT2D eigenvalue weighted by Crippen LogP contribution is -2.42. The number of nitriles is 1. The Kier molecular flexibility index (Phi) is 7.48. The van der Waals surface area contributed by atoms with E-state index in [2.05, 4.69) is 0 Å². The molecule has 0 saturated heterocycles. The third kappa shape index (κ3) is 4.68. The maximum atomic E-state index is 14.6. The van der Waals surface area contributed by atoms with Crippen molar-refractivity contribution >= 4 is 11.6 Å². The number of para-hydroxylation sites is 1. The van der Waals surface area contributed by atoms with Gasteiger partial charge in [-0.1, -0.05) is 43.6 Å². The second-order valence-electron chi connectivity index (χ2n) is 5.97. The molecule has 0 N–H and O–H groups in total. The molecule has 32 heavy (non-hydrogen) atoms. The van der Waals surface area contributed by atoms with Crippen LogP contribution in [0.1, 0.15) is 25.1 Å². The molecule has 6 nitrogen and oxygen atoms in total. The number of benzene rings is 2. The molecule has 2 aromatic carbocycles. The van der Waals surface area contributed by atoms with Gasteiger partial charge in [0.2, 0.25) is 0 Å². The first-order valence-electron chi connectivity index (χ1n) is 9.12. The van der Waals surface area contributed by atoms with E-state index in [0.29, 0.717) is 6.07 Å². The van der Waals surface area contributed by atoms with Crippen molar-refractivity contribution in [3.63, 3.8) is 0 Å². The van der Waals surface area contributed by atoms with E-state index in [-0.39, 0.29) is 26.2 Å². The van der Waals surface area contributed by atoms with Gasteiger partial charge in [0.25, 0.3) is 5.56 Å². The smallest absolute Gasteiger partial charge is 0.433 e. The number of alkyl halides is 3. The van der Waals surface area contributed by atoms with Gasteiger partial charge >= 0.3 is 11.9 Å². The monoisotopic (exact) mass is 469 g/mol. The summed E-state index contributed by atoms with van der Waals surface area (Å²) in [4.78, 5) is 24.9. The molecule has 0 aliphatic rings. The van der Waals surface area contributed by atoms with Crippen LogP contribution in [-0.4, -0.2) is 9.13 Å². The second-order valence-corrected chi connectivity index (χ2v) is 6.35. The molecular weight excluding hydrogens is 454 g/mol. The fraction of sp³-hybridized carbons (Fsp3) is 0.190. The van der Waals surface area contributed by atoms with Crippen LogP contribution in [-0.2, 0) is 13.2 Å². The van der Waals surface area contributed by atoms with Crippen LogP contribution < -0.4 is 16.0 Å². The molecule has 0 fully saturated rings. The van der Waals surface area contributed by atoms with Crippen molar-refractivity contribution in [2.24, 2.45) is 7.05 Å². The Morgan fingerprint density at radius 3 is 2.22 bits per heavy atom. The molecule has 11 heteroatoms. The minimum Gasteiger partial charge on any atom is -0.456 e.